The molecule has 7 nitrogen and oxygen atoms in total. The number of rotatable bonds is 4. The van der Waals surface area contributed by atoms with E-state index in [1.54, 1.807) is 12.0 Å². The van der Waals surface area contributed by atoms with Gasteiger partial charge in [-0.15, -0.1) is 0 Å². The molecule has 0 saturated carbocycles. The number of aromatic nitrogens is 2. The summed E-state index contributed by atoms with van der Waals surface area (Å²) < 4.78 is 5.23. The molecule has 1 aromatic carbocycles. The number of ketones is 1. The van der Waals surface area contributed by atoms with E-state index in [4.69, 9.17) is 9.72 Å². The lowest BCUT2D eigenvalue weighted by Crippen LogP contribution is -2.46. The highest BCUT2D eigenvalue weighted by molar-refractivity contribution is 5.99. The van der Waals surface area contributed by atoms with E-state index >= 15 is 0 Å². The number of amides is 1. The van der Waals surface area contributed by atoms with Crippen molar-refractivity contribution in [1.29, 1.82) is 0 Å². The molecule has 1 aromatic heterocycles. The minimum atomic E-state index is 0.108. The molecule has 1 atom stereocenters. The molecule has 0 bridgehead atoms. The standard InChI is InChI=1S/C21H24N4O3/c1-14-20-18(23-21(22-14)25-9-7-24(13-26)8-10-25)11-16(12-19(20)27)15-3-5-17(28-2)6-4-15/h3-6,13,16H,7-12H2,1-2H3/t16-/m0/s1. The highest BCUT2D eigenvalue weighted by atomic mass is 16.5. The fourth-order valence-corrected chi connectivity index (χ4v) is 4.04. The molecule has 7 heteroatoms. The van der Waals surface area contributed by atoms with Gasteiger partial charge in [0, 0.05) is 32.6 Å². The normalized spacial score (nSPS) is 19.4. The Morgan fingerprint density at radius 3 is 2.43 bits per heavy atom. The average molecular weight is 380 g/mol. The maximum Gasteiger partial charge on any atom is 0.225 e. The summed E-state index contributed by atoms with van der Waals surface area (Å²) in [6.07, 6.45) is 2.08. The molecule has 2 heterocycles. The lowest BCUT2D eigenvalue weighted by Gasteiger charge is -2.33. The number of hydrogen-bond acceptors (Lipinski definition) is 6. The Labute approximate surface area is 164 Å². The van der Waals surface area contributed by atoms with E-state index in [0.29, 0.717) is 44.1 Å². The lowest BCUT2D eigenvalue weighted by molar-refractivity contribution is -0.118. The van der Waals surface area contributed by atoms with E-state index in [1.165, 1.54) is 0 Å². The summed E-state index contributed by atoms with van der Waals surface area (Å²) >= 11 is 0. The summed E-state index contributed by atoms with van der Waals surface area (Å²) in [5.41, 5.74) is 3.38. The molecule has 1 aliphatic carbocycles. The van der Waals surface area contributed by atoms with Crippen molar-refractivity contribution in [2.75, 3.05) is 38.2 Å². The molecular weight excluding hydrogens is 356 g/mol. The van der Waals surface area contributed by atoms with Crippen LogP contribution in [0.4, 0.5) is 5.95 Å². The average Bonchev–Trinajstić information content (AvgIpc) is 2.73. The fraction of sp³-hybridized carbons (Fsp3) is 0.429. The van der Waals surface area contributed by atoms with Gasteiger partial charge in [-0.05, 0) is 37.0 Å². The van der Waals surface area contributed by atoms with Crippen LogP contribution >= 0.6 is 0 Å². The fourth-order valence-electron chi connectivity index (χ4n) is 4.04. The van der Waals surface area contributed by atoms with Crippen LogP contribution in [-0.4, -0.2) is 60.4 Å². The Morgan fingerprint density at radius 2 is 1.79 bits per heavy atom. The van der Waals surface area contributed by atoms with E-state index in [2.05, 4.69) is 9.88 Å². The van der Waals surface area contributed by atoms with Crippen LogP contribution in [-0.2, 0) is 11.2 Å². The van der Waals surface area contributed by atoms with E-state index in [-0.39, 0.29) is 11.7 Å². The maximum absolute atomic E-state index is 12.8. The Hall–Kier alpha value is -2.96. The second-order valence-electron chi connectivity index (χ2n) is 7.36. The molecule has 1 fully saturated rings. The molecule has 146 valence electrons. The number of aryl methyl sites for hydroxylation is 1. The van der Waals surface area contributed by atoms with Crippen molar-refractivity contribution in [3.8, 4) is 5.75 Å². The van der Waals surface area contributed by atoms with Crippen molar-refractivity contribution in [2.24, 2.45) is 0 Å². The molecule has 2 aromatic rings. The highest BCUT2D eigenvalue weighted by Crippen LogP contribution is 2.34. The van der Waals surface area contributed by atoms with Crippen LogP contribution in [0.3, 0.4) is 0 Å². The van der Waals surface area contributed by atoms with Gasteiger partial charge < -0.3 is 14.5 Å². The number of nitrogens with zero attached hydrogens (tertiary/aromatic N) is 4. The number of carbonyl (C=O) groups excluding carboxylic acids is 2. The second kappa shape index (κ2) is 7.58. The van der Waals surface area contributed by atoms with Crippen molar-refractivity contribution in [2.45, 2.75) is 25.7 Å². The molecule has 4 rings (SSSR count). The van der Waals surface area contributed by atoms with Crippen LogP contribution in [0.25, 0.3) is 0 Å². The summed E-state index contributed by atoms with van der Waals surface area (Å²) in [7, 11) is 1.64. The first kappa shape index (κ1) is 18.4. The van der Waals surface area contributed by atoms with Crippen molar-refractivity contribution in [3.05, 3.63) is 46.8 Å². The quantitative estimate of drug-likeness (QED) is 0.755. The molecular formula is C21H24N4O3. The van der Waals surface area contributed by atoms with Crippen LogP contribution in [0.5, 0.6) is 5.75 Å². The number of Topliss-reactive ketones (excluding diaryl/α,β-unsaturated/α-hetero) is 1. The Kier molecular flexibility index (Phi) is 4.98. The predicted molar refractivity (Wildman–Crippen MR) is 105 cm³/mol. The summed E-state index contributed by atoms with van der Waals surface area (Å²) in [5, 5.41) is 0. The van der Waals surface area contributed by atoms with Crippen molar-refractivity contribution >= 4 is 18.1 Å². The molecule has 2 aliphatic rings. The number of hydrogen-bond donors (Lipinski definition) is 0. The van der Waals surface area contributed by atoms with Crippen LogP contribution in [0.15, 0.2) is 24.3 Å². The molecule has 0 N–H and O–H groups in total. The Bertz CT molecular complexity index is 889. The highest BCUT2D eigenvalue weighted by Gasteiger charge is 2.31. The van der Waals surface area contributed by atoms with E-state index in [1.807, 2.05) is 31.2 Å². The minimum Gasteiger partial charge on any atom is -0.497 e. The zero-order valence-electron chi connectivity index (χ0n) is 16.2. The summed E-state index contributed by atoms with van der Waals surface area (Å²) in [6, 6.07) is 7.90. The molecule has 1 saturated heterocycles. The molecule has 0 spiro atoms. The first-order valence-electron chi connectivity index (χ1n) is 9.58. The SMILES string of the molecule is COc1ccc([C@@H]2CC(=O)c3c(C)nc(N4CCN(C=O)CC4)nc3C2)cc1. The van der Waals surface area contributed by atoms with E-state index < -0.39 is 0 Å². The van der Waals surface area contributed by atoms with Crippen LogP contribution in [0, 0.1) is 6.92 Å². The van der Waals surface area contributed by atoms with Crippen molar-refractivity contribution in [1.82, 2.24) is 14.9 Å². The van der Waals surface area contributed by atoms with Crippen LogP contribution in [0.2, 0.25) is 0 Å². The smallest absolute Gasteiger partial charge is 0.225 e. The van der Waals surface area contributed by atoms with Crippen LogP contribution < -0.4 is 9.64 Å². The van der Waals surface area contributed by atoms with Gasteiger partial charge in [0.1, 0.15) is 5.75 Å². The first-order valence-corrected chi connectivity index (χ1v) is 9.58. The van der Waals surface area contributed by atoms with Gasteiger partial charge in [-0.3, -0.25) is 9.59 Å². The summed E-state index contributed by atoms with van der Waals surface area (Å²) in [5.74, 6) is 1.68. The molecule has 0 unspecified atom stereocenters. The van der Waals surface area contributed by atoms with Crippen LogP contribution in [0.1, 0.15) is 39.6 Å². The van der Waals surface area contributed by atoms with Gasteiger partial charge in [0.25, 0.3) is 0 Å². The molecule has 1 amide bonds. The van der Waals surface area contributed by atoms with Gasteiger partial charge in [0.05, 0.1) is 24.1 Å². The third-order valence-electron chi connectivity index (χ3n) is 5.64. The number of carbonyl (C=O) groups is 2. The second-order valence-corrected chi connectivity index (χ2v) is 7.36. The summed E-state index contributed by atoms with van der Waals surface area (Å²) in [6.45, 7) is 4.61. The van der Waals surface area contributed by atoms with E-state index in [0.717, 1.165) is 35.5 Å². The molecule has 1 aliphatic heterocycles. The molecule has 28 heavy (non-hydrogen) atoms. The number of ether oxygens (including phenoxy) is 1. The van der Waals surface area contributed by atoms with Gasteiger partial charge >= 0.3 is 0 Å². The van der Waals surface area contributed by atoms with Gasteiger partial charge in [-0.2, -0.15) is 0 Å². The monoisotopic (exact) mass is 380 g/mol. The van der Waals surface area contributed by atoms with Gasteiger partial charge in [0.15, 0.2) is 5.78 Å². The topological polar surface area (TPSA) is 75.6 Å². The van der Waals surface area contributed by atoms with E-state index in [9.17, 15) is 9.59 Å². The number of benzene rings is 1. The molecule has 0 radical (unpaired) electrons. The number of fused-ring (bicyclic) bond motifs is 1. The Balaban J connectivity index is 1.60. The zero-order valence-corrected chi connectivity index (χ0v) is 16.2. The Morgan fingerprint density at radius 1 is 1.07 bits per heavy atom. The number of methoxy groups -OCH3 is 1. The summed E-state index contributed by atoms with van der Waals surface area (Å²) in [4.78, 5) is 37.0. The van der Waals surface area contributed by atoms with Gasteiger partial charge in [-0.1, -0.05) is 12.1 Å². The largest absolute Gasteiger partial charge is 0.497 e. The van der Waals surface area contributed by atoms with Crippen molar-refractivity contribution in [3.63, 3.8) is 0 Å². The number of anilines is 1. The minimum absolute atomic E-state index is 0.108. The third-order valence-corrected chi connectivity index (χ3v) is 5.64. The number of piperazine rings is 1. The van der Waals surface area contributed by atoms with Crippen molar-refractivity contribution < 1.29 is 14.3 Å². The first-order chi connectivity index (χ1) is 13.6. The van der Waals surface area contributed by atoms with Gasteiger partial charge in [0.2, 0.25) is 12.4 Å². The third kappa shape index (κ3) is 3.44. The maximum atomic E-state index is 12.8. The van der Waals surface area contributed by atoms with Gasteiger partial charge in [-0.25, -0.2) is 9.97 Å². The predicted octanol–water partition coefficient (Wildman–Crippen LogP) is 1.98. The zero-order chi connectivity index (χ0) is 19.7. The lowest BCUT2D eigenvalue weighted by atomic mass is 9.81.